The first kappa shape index (κ1) is 23.3. The highest BCUT2D eigenvalue weighted by Gasteiger charge is 2.28. The fourth-order valence-corrected chi connectivity index (χ4v) is 5.02. The van der Waals surface area contributed by atoms with Gasteiger partial charge in [0.05, 0.1) is 19.0 Å². The van der Waals surface area contributed by atoms with Gasteiger partial charge in [0.15, 0.2) is 0 Å². The van der Waals surface area contributed by atoms with Crippen LogP contribution < -0.4 is 9.47 Å². The summed E-state index contributed by atoms with van der Waals surface area (Å²) in [7, 11) is 1.63. The molecule has 35 heavy (non-hydrogen) atoms. The Morgan fingerprint density at radius 2 is 1.83 bits per heavy atom. The van der Waals surface area contributed by atoms with Gasteiger partial charge in [-0.15, -0.1) is 0 Å². The molecule has 0 N–H and O–H groups in total. The largest absolute Gasteiger partial charge is 0.497 e. The number of piperidine rings is 1. The molecule has 0 radical (unpaired) electrons. The van der Waals surface area contributed by atoms with Crippen molar-refractivity contribution < 1.29 is 14.3 Å². The average molecular weight is 473 g/mol. The molecule has 2 aromatic carbocycles. The number of ether oxygens (including phenoxy) is 2. The monoisotopic (exact) mass is 472 g/mol. The molecule has 0 saturated carbocycles. The number of carbonyl (C=O) groups is 1. The summed E-state index contributed by atoms with van der Waals surface area (Å²) >= 11 is 0. The second-order valence-corrected chi connectivity index (χ2v) is 9.29. The highest BCUT2D eigenvalue weighted by molar-refractivity contribution is 5.95. The highest BCUT2D eigenvalue weighted by atomic mass is 16.5. The molecule has 0 aliphatic carbocycles. The zero-order chi connectivity index (χ0) is 24.0. The van der Waals surface area contributed by atoms with E-state index in [0.29, 0.717) is 18.2 Å². The summed E-state index contributed by atoms with van der Waals surface area (Å²) < 4.78 is 11.2. The van der Waals surface area contributed by atoms with Gasteiger partial charge in [-0.2, -0.15) is 0 Å². The summed E-state index contributed by atoms with van der Waals surface area (Å²) in [5.74, 6) is 2.04. The maximum absolute atomic E-state index is 13.6. The van der Waals surface area contributed by atoms with E-state index in [1.807, 2.05) is 47.4 Å². The number of nitrogens with zero attached hydrogens (tertiary/aromatic N) is 4. The van der Waals surface area contributed by atoms with Crippen molar-refractivity contribution in [3.8, 4) is 17.4 Å². The molecule has 2 saturated heterocycles. The van der Waals surface area contributed by atoms with Gasteiger partial charge < -0.3 is 14.4 Å². The molecule has 1 unspecified atom stereocenters. The van der Waals surface area contributed by atoms with Gasteiger partial charge in [-0.25, -0.2) is 4.98 Å². The molecule has 0 bridgehead atoms. The van der Waals surface area contributed by atoms with E-state index in [-0.39, 0.29) is 11.8 Å². The van der Waals surface area contributed by atoms with Crippen LogP contribution >= 0.6 is 0 Å². The van der Waals surface area contributed by atoms with E-state index >= 15 is 0 Å². The molecule has 3 heterocycles. The summed E-state index contributed by atoms with van der Waals surface area (Å²) in [6.07, 6.45) is 7.79. The molecule has 7 nitrogen and oxygen atoms in total. The fraction of sp³-hybridized carbons (Fsp3) is 0.393. The van der Waals surface area contributed by atoms with Gasteiger partial charge in [0.25, 0.3) is 5.91 Å². The number of hydrogen-bond acceptors (Lipinski definition) is 6. The molecule has 1 atom stereocenters. The van der Waals surface area contributed by atoms with Crippen LogP contribution in [0.4, 0.5) is 0 Å². The van der Waals surface area contributed by atoms with E-state index in [2.05, 4.69) is 16.0 Å². The van der Waals surface area contributed by atoms with Crippen LogP contribution in [-0.4, -0.2) is 59.0 Å². The van der Waals surface area contributed by atoms with Crippen molar-refractivity contribution in [3.05, 3.63) is 77.7 Å². The summed E-state index contributed by atoms with van der Waals surface area (Å²) in [6, 6.07) is 15.5. The molecular weight excluding hydrogens is 440 g/mol. The van der Waals surface area contributed by atoms with Crippen LogP contribution in [0.15, 0.2) is 60.9 Å². The fourth-order valence-electron chi connectivity index (χ4n) is 5.02. The van der Waals surface area contributed by atoms with Crippen LogP contribution in [0.25, 0.3) is 0 Å². The van der Waals surface area contributed by atoms with E-state index in [9.17, 15) is 4.79 Å². The van der Waals surface area contributed by atoms with Crippen molar-refractivity contribution in [2.45, 2.75) is 38.1 Å². The van der Waals surface area contributed by atoms with Crippen LogP contribution in [0.2, 0.25) is 0 Å². The first-order valence-electron chi connectivity index (χ1n) is 12.4. The molecule has 5 rings (SSSR count). The second-order valence-electron chi connectivity index (χ2n) is 9.29. The smallest absolute Gasteiger partial charge is 0.254 e. The van der Waals surface area contributed by atoms with Gasteiger partial charge >= 0.3 is 0 Å². The topological polar surface area (TPSA) is 67.8 Å². The zero-order valence-electron chi connectivity index (χ0n) is 20.2. The Kier molecular flexibility index (Phi) is 7.23. The summed E-state index contributed by atoms with van der Waals surface area (Å²) in [6.45, 7) is 4.46. The predicted octanol–water partition coefficient (Wildman–Crippen LogP) is 4.89. The Morgan fingerprint density at radius 3 is 2.69 bits per heavy atom. The van der Waals surface area contributed by atoms with Gasteiger partial charge in [0.1, 0.15) is 11.5 Å². The predicted molar refractivity (Wildman–Crippen MR) is 134 cm³/mol. The molecule has 7 heteroatoms. The number of likely N-dealkylation sites (tertiary alicyclic amines) is 2. The van der Waals surface area contributed by atoms with Gasteiger partial charge in [0.2, 0.25) is 5.88 Å². The van der Waals surface area contributed by atoms with Crippen LogP contribution in [0, 0.1) is 0 Å². The van der Waals surface area contributed by atoms with Crippen molar-refractivity contribution in [2.24, 2.45) is 0 Å². The molecule has 0 spiro atoms. The molecule has 3 aromatic rings. The zero-order valence-corrected chi connectivity index (χ0v) is 20.2. The molecule has 2 aliphatic heterocycles. The molecular formula is C28H32N4O3. The Bertz CT molecular complexity index is 1160. The SMILES string of the molecule is COc1cccc(Oc2cncc(C3CCCN(C(=O)c4ccccc4CN4CCCC4)C3)n2)c1. The number of rotatable bonds is 7. The number of methoxy groups -OCH3 is 1. The maximum Gasteiger partial charge on any atom is 0.254 e. The number of amides is 1. The quantitative estimate of drug-likeness (QED) is 0.488. The number of hydrogen-bond donors (Lipinski definition) is 0. The first-order chi connectivity index (χ1) is 17.2. The summed E-state index contributed by atoms with van der Waals surface area (Å²) in [5, 5.41) is 0. The van der Waals surface area contributed by atoms with Gasteiger partial charge in [0, 0.05) is 43.4 Å². The Morgan fingerprint density at radius 1 is 1.00 bits per heavy atom. The molecule has 2 fully saturated rings. The lowest BCUT2D eigenvalue weighted by Crippen LogP contribution is -2.40. The first-order valence-corrected chi connectivity index (χ1v) is 12.4. The van der Waals surface area contributed by atoms with E-state index < -0.39 is 0 Å². The van der Waals surface area contributed by atoms with Crippen LogP contribution in [-0.2, 0) is 6.54 Å². The molecule has 2 aliphatic rings. The normalized spacial score (nSPS) is 18.4. The lowest BCUT2D eigenvalue weighted by Gasteiger charge is -2.33. The van der Waals surface area contributed by atoms with E-state index in [1.165, 1.54) is 12.8 Å². The number of benzene rings is 2. The maximum atomic E-state index is 13.6. The van der Waals surface area contributed by atoms with Crippen molar-refractivity contribution in [2.75, 3.05) is 33.3 Å². The van der Waals surface area contributed by atoms with E-state index in [4.69, 9.17) is 14.5 Å². The Balaban J connectivity index is 1.29. The lowest BCUT2D eigenvalue weighted by atomic mass is 9.94. The van der Waals surface area contributed by atoms with Gasteiger partial charge in [-0.3, -0.25) is 14.7 Å². The third-order valence-corrected chi connectivity index (χ3v) is 6.86. The van der Waals surface area contributed by atoms with Gasteiger partial charge in [-0.05, 0) is 62.5 Å². The highest BCUT2D eigenvalue weighted by Crippen LogP contribution is 2.29. The molecule has 1 amide bonds. The van der Waals surface area contributed by atoms with Crippen LogP contribution in [0.3, 0.4) is 0 Å². The number of carbonyl (C=O) groups excluding carboxylic acids is 1. The van der Waals surface area contributed by atoms with E-state index in [1.54, 1.807) is 19.5 Å². The van der Waals surface area contributed by atoms with E-state index in [0.717, 1.165) is 61.6 Å². The van der Waals surface area contributed by atoms with Crippen molar-refractivity contribution in [3.63, 3.8) is 0 Å². The average Bonchev–Trinajstić information content (AvgIpc) is 3.42. The van der Waals surface area contributed by atoms with Crippen molar-refractivity contribution >= 4 is 5.91 Å². The lowest BCUT2D eigenvalue weighted by molar-refractivity contribution is 0.0703. The second kappa shape index (κ2) is 10.9. The van der Waals surface area contributed by atoms with Crippen LogP contribution in [0.5, 0.6) is 17.4 Å². The molecule has 1 aromatic heterocycles. The number of aromatic nitrogens is 2. The minimum atomic E-state index is 0.112. The summed E-state index contributed by atoms with van der Waals surface area (Å²) in [4.78, 5) is 27.1. The summed E-state index contributed by atoms with van der Waals surface area (Å²) in [5.41, 5.74) is 2.80. The Hall–Kier alpha value is -3.45. The Labute approximate surface area is 206 Å². The standard InChI is InChI=1S/C28H32N4O3/c1-34-23-10-6-11-24(16-23)35-27-18-29-17-26(30-27)22-9-7-15-32(20-22)28(33)25-12-3-2-8-21(25)19-31-13-4-5-14-31/h2-3,6,8,10-12,16-18,22H,4-5,7,9,13-15,19-20H2,1H3. The third-order valence-electron chi connectivity index (χ3n) is 6.86. The van der Waals surface area contributed by atoms with Crippen LogP contribution in [0.1, 0.15) is 53.2 Å². The minimum Gasteiger partial charge on any atom is -0.497 e. The van der Waals surface area contributed by atoms with Crippen molar-refractivity contribution in [1.29, 1.82) is 0 Å². The third kappa shape index (κ3) is 5.62. The minimum absolute atomic E-state index is 0.112. The molecule has 182 valence electrons. The van der Waals surface area contributed by atoms with Gasteiger partial charge in [-0.1, -0.05) is 24.3 Å². The van der Waals surface area contributed by atoms with Crippen molar-refractivity contribution in [1.82, 2.24) is 19.8 Å².